The number of aryl methyl sites for hydroxylation is 3. The topological polar surface area (TPSA) is 54.4 Å². The van der Waals surface area contributed by atoms with Crippen molar-refractivity contribution in [1.82, 2.24) is 0 Å². The first-order chi connectivity index (χ1) is 12.9. The lowest BCUT2D eigenvalue weighted by Gasteiger charge is -2.15. The van der Waals surface area contributed by atoms with Gasteiger partial charge in [0.1, 0.15) is 0 Å². The van der Waals surface area contributed by atoms with E-state index in [4.69, 9.17) is 0 Å². The highest BCUT2D eigenvalue weighted by Gasteiger charge is 2.18. The molecule has 3 nitrogen and oxygen atoms in total. The molecule has 0 saturated carbocycles. The SMILES string of the molecule is CCCCCCCCCCCc1cc(CCC)c(S(=O)(=O)O)cc1CCC. The van der Waals surface area contributed by atoms with Crippen molar-refractivity contribution < 1.29 is 13.0 Å². The van der Waals surface area contributed by atoms with Crippen LogP contribution in [0.4, 0.5) is 0 Å². The van der Waals surface area contributed by atoms with Crippen LogP contribution in [0.15, 0.2) is 17.0 Å². The van der Waals surface area contributed by atoms with E-state index in [2.05, 4.69) is 13.8 Å². The first-order valence-corrected chi connectivity index (χ1v) is 12.5. The normalized spacial score (nSPS) is 11.9. The Kier molecular flexibility index (Phi) is 11.9. The van der Waals surface area contributed by atoms with Crippen LogP contribution < -0.4 is 0 Å². The van der Waals surface area contributed by atoms with Gasteiger partial charge in [0, 0.05) is 0 Å². The number of hydrogen-bond donors (Lipinski definition) is 1. The molecule has 27 heavy (non-hydrogen) atoms. The minimum atomic E-state index is -4.16. The molecule has 0 atom stereocenters. The molecule has 0 aliphatic rings. The molecule has 0 aliphatic carbocycles. The molecule has 0 aromatic heterocycles. The van der Waals surface area contributed by atoms with E-state index in [1.165, 1.54) is 56.9 Å². The molecule has 0 amide bonds. The van der Waals surface area contributed by atoms with Gasteiger partial charge in [-0.05, 0) is 48.4 Å². The van der Waals surface area contributed by atoms with Crippen LogP contribution in [-0.2, 0) is 29.4 Å². The van der Waals surface area contributed by atoms with Gasteiger partial charge in [0.25, 0.3) is 10.1 Å². The van der Waals surface area contributed by atoms with E-state index in [1.807, 2.05) is 13.0 Å². The molecule has 0 spiro atoms. The molecule has 0 unspecified atom stereocenters. The highest BCUT2D eigenvalue weighted by Crippen LogP contribution is 2.25. The standard InChI is InChI=1S/C23H40O3S/c1-4-7-8-9-10-11-12-13-14-17-21-18-22(16-6-3)23(27(24,25)26)19-20(21)15-5-2/h18-19H,4-17H2,1-3H3,(H,24,25,26). The van der Waals surface area contributed by atoms with E-state index < -0.39 is 10.1 Å². The lowest BCUT2D eigenvalue weighted by molar-refractivity contribution is 0.481. The summed E-state index contributed by atoms with van der Waals surface area (Å²) in [5, 5.41) is 0. The second kappa shape index (κ2) is 13.3. The molecule has 0 bridgehead atoms. The Morgan fingerprint density at radius 2 is 1.11 bits per heavy atom. The van der Waals surface area contributed by atoms with Gasteiger partial charge >= 0.3 is 0 Å². The third kappa shape index (κ3) is 9.25. The summed E-state index contributed by atoms with van der Waals surface area (Å²) in [5.74, 6) is 0. The van der Waals surface area contributed by atoms with Crippen molar-refractivity contribution in [2.75, 3.05) is 0 Å². The summed E-state index contributed by atoms with van der Waals surface area (Å²) in [4.78, 5) is 0.114. The number of unbranched alkanes of at least 4 members (excludes halogenated alkanes) is 8. The van der Waals surface area contributed by atoms with Gasteiger partial charge in [0.05, 0.1) is 4.90 Å². The van der Waals surface area contributed by atoms with Crippen molar-refractivity contribution in [3.05, 3.63) is 28.8 Å². The van der Waals surface area contributed by atoms with E-state index in [-0.39, 0.29) is 4.90 Å². The average molecular weight is 397 g/mol. The first-order valence-electron chi connectivity index (χ1n) is 11.1. The van der Waals surface area contributed by atoms with Gasteiger partial charge in [0.2, 0.25) is 0 Å². The Hall–Kier alpha value is -0.870. The van der Waals surface area contributed by atoms with Crippen LogP contribution in [0, 0.1) is 0 Å². The van der Waals surface area contributed by atoms with Crippen LogP contribution in [0.25, 0.3) is 0 Å². The molecule has 1 N–H and O–H groups in total. The number of benzene rings is 1. The highest BCUT2D eigenvalue weighted by atomic mass is 32.2. The summed E-state index contributed by atoms with van der Waals surface area (Å²) in [7, 11) is -4.16. The lowest BCUT2D eigenvalue weighted by atomic mass is 9.94. The van der Waals surface area contributed by atoms with Crippen LogP contribution in [-0.4, -0.2) is 13.0 Å². The molecule has 1 rings (SSSR count). The summed E-state index contributed by atoms with van der Waals surface area (Å²) in [6, 6.07) is 3.77. The van der Waals surface area contributed by atoms with Crippen molar-refractivity contribution in [1.29, 1.82) is 0 Å². The van der Waals surface area contributed by atoms with E-state index in [0.29, 0.717) is 6.42 Å². The molecule has 4 heteroatoms. The van der Waals surface area contributed by atoms with Crippen molar-refractivity contribution in [3.63, 3.8) is 0 Å². The fourth-order valence-electron chi connectivity index (χ4n) is 3.78. The third-order valence-electron chi connectivity index (χ3n) is 5.25. The smallest absolute Gasteiger partial charge is 0.282 e. The van der Waals surface area contributed by atoms with Crippen LogP contribution in [0.2, 0.25) is 0 Å². The summed E-state index contributed by atoms with van der Waals surface area (Å²) >= 11 is 0. The van der Waals surface area contributed by atoms with Crippen LogP contribution in [0.3, 0.4) is 0 Å². The van der Waals surface area contributed by atoms with Crippen molar-refractivity contribution in [2.24, 2.45) is 0 Å². The minimum absolute atomic E-state index is 0.114. The first kappa shape index (κ1) is 24.2. The minimum Gasteiger partial charge on any atom is -0.282 e. The monoisotopic (exact) mass is 396 g/mol. The molecule has 0 fully saturated rings. The summed E-state index contributed by atoms with van der Waals surface area (Å²) in [6.07, 6.45) is 16.2. The van der Waals surface area contributed by atoms with E-state index in [1.54, 1.807) is 6.07 Å². The van der Waals surface area contributed by atoms with Gasteiger partial charge in [-0.3, -0.25) is 4.55 Å². The van der Waals surface area contributed by atoms with Gasteiger partial charge < -0.3 is 0 Å². The highest BCUT2D eigenvalue weighted by molar-refractivity contribution is 7.85. The molecule has 0 aliphatic heterocycles. The predicted molar refractivity (Wildman–Crippen MR) is 115 cm³/mol. The zero-order chi connectivity index (χ0) is 20.1. The van der Waals surface area contributed by atoms with Crippen molar-refractivity contribution in [3.8, 4) is 0 Å². The van der Waals surface area contributed by atoms with Crippen LogP contribution in [0.5, 0.6) is 0 Å². The van der Waals surface area contributed by atoms with Gasteiger partial charge in [-0.1, -0.05) is 91.0 Å². The molecule has 1 aromatic carbocycles. The molecule has 0 radical (unpaired) electrons. The van der Waals surface area contributed by atoms with Crippen molar-refractivity contribution >= 4 is 10.1 Å². The van der Waals surface area contributed by atoms with Crippen molar-refractivity contribution in [2.45, 2.75) is 116 Å². The summed E-state index contributed by atoms with van der Waals surface area (Å²) < 4.78 is 33.2. The Morgan fingerprint density at radius 1 is 0.630 bits per heavy atom. The maximum atomic E-state index is 11.8. The maximum Gasteiger partial charge on any atom is 0.294 e. The lowest BCUT2D eigenvalue weighted by Crippen LogP contribution is -2.07. The van der Waals surface area contributed by atoms with Crippen LogP contribution >= 0.6 is 0 Å². The van der Waals surface area contributed by atoms with Crippen LogP contribution in [0.1, 0.15) is 108 Å². The Labute approximate surface area is 167 Å². The fraction of sp³-hybridized carbons (Fsp3) is 0.739. The Balaban J connectivity index is 2.66. The zero-order valence-corrected chi connectivity index (χ0v) is 18.5. The molecule has 156 valence electrons. The fourth-order valence-corrected chi connectivity index (χ4v) is 4.57. The van der Waals surface area contributed by atoms with Gasteiger partial charge in [-0.15, -0.1) is 0 Å². The second-order valence-corrected chi connectivity index (χ2v) is 9.17. The second-order valence-electron chi connectivity index (χ2n) is 7.78. The van der Waals surface area contributed by atoms with Gasteiger partial charge in [-0.2, -0.15) is 8.42 Å². The largest absolute Gasteiger partial charge is 0.294 e. The van der Waals surface area contributed by atoms with E-state index >= 15 is 0 Å². The molecule has 0 heterocycles. The third-order valence-corrected chi connectivity index (χ3v) is 6.18. The summed E-state index contributed by atoms with van der Waals surface area (Å²) in [6.45, 7) is 6.39. The quantitative estimate of drug-likeness (QED) is 0.259. The Morgan fingerprint density at radius 3 is 1.63 bits per heavy atom. The summed E-state index contributed by atoms with van der Waals surface area (Å²) in [5.41, 5.74) is 3.13. The average Bonchev–Trinajstić information content (AvgIpc) is 2.61. The molecule has 1 aromatic rings. The van der Waals surface area contributed by atoms with E-state index in [9.17, 15) is 13.0 Å². The van der Waals surface area contributed by atoms with Gasteiger partial charge in [-0.25, -0.2) is 0 Å². The Bertz CT molecular complexity index is 635. The molecule has 0 saturated heterocycles. The predicted octanol–water partition coefficient (Wildman–Crippen LogP) is 6.91. The van der Waals surface area contributed by atoms with Gasteiger partial charge in [0.15, 0.2) is 0 Å². The molecular formula is C23H40O3S. The maximum absolute atomic E-state index is 11.8. The zero-order valence-electron chi connectivity index (χ0n) is 17.7. The van der Waals surface area contributed by atoms with E-state index in [0.717, 1.165) is 43.2 Å². The molecular weight excluding hydrogens is 356 g/mol. The number of rotatable bonds is 15. The number of hydrogen-bond acceptors (Lipinski definition) is 2.